The molecule has 0 aliphatic rings. The van der Waals surface area contributed by atoms with Gasteiger partial charge in [0.1, 0.15) is 0 Å². The molecule has 0 saturated heterocycles. The van der Waals surface area contributed by atoms with E-state index in [0.717, 1.165) is 0 Å². The molecule has 0 fully saturated rings. The van der Waals surface area contributed by atoms with Crippen LogP contribution in [0.2, 0.25) is 0 Å². The number of benzene rings is 7. The molecule has 0 bridgehead atoms. The van der Waals surface area contributed by atoms with Gasteiger partial charge in [-0.2, -0.15) is 0 Å². The molecule has 0 saturated carbocycles. The van der Waals surface area contributed by atoms with Gasteiger partial charge in [-0.25, -0.2) is 0 Å². The molecule has 0 aliphatic carbocycles. The van der Waals surface area contributed by atoms with Gasteiger partial charge in [0, 0.05) is 3.57 Å². The number of hydrogen-bond donors (Lipinski definition) is 0. The van der Waals surface area contributed by atoms with Gasteiger partial charge in [-0.05, 0) is 218 Å². The highest BCUT2D eigenvalue weighted by Crippen LogP contribution is 2.47. The summed E-state index contributed by atoms with van der Waals surface area (Å²) in [6, 6.07) is 50.1. The Bertz CT molecular complexity index is 2410. The van der Waals surface area contributed by atoms with Gasteiger partial charge in [-0.1, -0.05) is 202 Å². The summed E-state index contributed by atoms with van der Waals surface area (Å²) in [6.45, 7) is 37.6. The lowest BCUT2D eigenvalue weighted by atomic mass is 9.80. The first-order valence-electron chi connectivity index (χ1n) is 25.4. The molecule has 0 unspecified atom stereocenters. The lowest BCUT2D eigenvalue weighted by Gasteiger charge is -2.25. The zero-order valence-electron chi connectivity index (χ0n) is 43.6. The molecule has 0 heterocycles. The quantitative estimate of drug-likeness (QED) is 0.0953. The molecule has 348 valence electrons. The fourth-order valence-corrected chi connectivity index (χ4v) is 11.6. The molecule has 1 heteroatoms. The summed E-state index contributed by atoms with van der Waals surface area (Å²) in [4.78, 5) is 0. The van der Waals surface area contributed by atoms with Crippen LogP contribution in [-0.4, -0.2) is 0 Å². The van der Waals surface area contributed by atoms with Crippen molar-refractivity contribution in [2.75, 3.05) is 0 Å². The fourth-order valence-electron chi connectivity index (χ4n) is 10.7. The van der Waals surface area contributed by atoms with E-state index < -0.39 is 0 Å². The predicted octanol–water partition coefficient (Wildman–Crippen LogP) is 21.3. The first kappa shape index (κ1) is 50.2. The van der Waals surface area contributed by atoms with Crippen LogP contribution in [0.3, 0.4) is 0 Å². The van der Waals surface area contributed by atoms with Crippen LogP contribution in [0, 0.1) is 3.57 Å². The van der Waals surface area contributed by atoms with Crippen LogP contribution in [0.4, 0.5) is 0 Å². The van der Waals surface area contributed by atoms with E-state index in [-0.39, 0.29) is 0 Å². The van der Waals surface area contributed by atoms with Crippen LogP contribution in [-0.2, 0) is 0 Å². The van der Waals surface area contributed by atoms with E-state index in [2.05, 4.69) is 261 Å². The van der Waals surface area contributed by atoms with E-state index in [9.17, 15) is 0 Å². The second-order valence-electron chi connectivity index (χ2n) is 21.7. The lowest BCUT2D eigenvalue weighted by Crippen LogP contribution is -2.03. The predicted molar refractivity (Wildman–Crippen MR) is 304 cm³/mol. The molecule has 0 radical (unpaired) electrons. The molecule has 0 aromatic heterocycles. The van der Waals surface area contributed by atoms with Gasteiger partial charge in [-0.3, -0.25) is 0 Å². The van der Waals surface area contributed by atoms with E-state index in [1.54, 1.807) is 0 Å². The van der Waals surface area contributed by atoms with Crippen molar-refractivity contribution in [2.24, 2.45) is 0 Å². The van der Waals surface area contributed by atoms with Crippen LogP contribution in [0.5, 0.6) is 0 Å². The maximum absolute atomic E-state index is 2.69. The summed E-state index contributed by atoms with van der Waals surface area (Å²) in [5.41, 5.74) is 27.1. The highest BCUT2D eigenvalue weighted by molar-refractivity contribution is 14.1. The van der Waals surface area contributed by atoms with Crippen molar-refractivity contribution in [3.63, 3.8) is 0 Å². The van der Waals surface area contributed by atoms with Gasteiger partial charge >= 0.3 is 0 Å². The van der Waals surface area contributed by atoms with Crippen LogP contribution < -0.4 is 0 Å². The maximum atomic E-state index is 2.69. The van der Waals surface area contributed by atoms with Gasteiger partial charge in [0.15, 0.2) is 0 Å². The van der Waals surface area contributed by atoms with E-state index in [1.165, 1.54) is 115 Å². The summed E-state index contributed by atoms with van der Waals surface area (Å²) in [6.07, 6.45) is 0. The molecule has 7 aromatic rings. The van der Waals surface area contributed by atoms with Crippen molar-refractivity contribution < 1.29 is 0 Å². The molecule has 7 aromatic carbocycles. The molecule has 0 atom stereocenters. The van der Waals surface area contributed by atoms with Gasteiger partial charge in [0.2, 0.25) is 0 Å². The second kappa shape index (κ2) is 20.9. The SMILES string of the molecule is CC(C)c1cccc(C(C)C)c1-c1cc(-c2cccc(-c3cc(-c4c(C(C)C)cccc4C(C)C)cc(-c4c(C(C)C)cccc4C(C)C)c3)c2I)cc(-c2c(C(C)C)cccc2C(C)C)c1. The minimum atomic E-state index is 0.383. The molecule has 0 spiro atoms. The Hall–Kier alpha value is -4.73. The van der Waals surface area contributed by atoms with Crippen LogP contribution in [0.25, 0.3) is 66.8 Å². The third kappa shape index (κ3) is 10.2. The monoisotopic (exact) mass is 997 g/mol. The molecule has 67 heavy (non-hydrogen) atoms. The highest BCUT2D eigenvalue weighted by Gasteiger charge is 2.25. The number of halogens is 1. The molecule has 0 nitrogen and oxygen atoms in total. The Balaban J connectivity index is 1.59. The van der Waals surface area contributed by atoms with Crippen LogP contribution in [0.15, 0.2) is 127 Å². The number of hydrogen-bond acceptors (Lipinski definition) is 0. The van der Waals surface area contributed by atoms with Crippen LogP contribution in [0.1, 0.15) is 203 Å². The summed E-state index contributed by atoms with van der Waals surface area (Å²) >= 11 is 2.69. The molecule has 7 rings (SSSR count). The third-order valence-electron chi connectivity index (χ3n) is 14.1. The van der Waals surface area contributed by atoms with Crippen molar-refractivity contribution in [3.8, 4) is 66.8 Å². The fraction of sp³-hybridized carbons (Fsp3) is 0.364. The third-order valence-corrected chi connectivity index (χ3v) is 15.3. The second-order valence-corrected chi connectivity index (χ2v) is 22.8. The standard InChI is InChI=1S/C66H77I/c1-38(2)52-22-17-23-53(39(3)4)62(52)48-32-46(33-49(36-48)63-54(40(5)6)24-18-25-55(63)41(7)8)60-30-21-31-61(66(60)67)47-34-50(64-56(42(9)10)26-19-27-57(64)43(11)12)37-51(35-47)65-58(44(13)14)28-20-29-59(65)45(15)16/h17-45H,1-16H3. The van der Waals surface area contributed by atoms with Gasteiger partial charge < -0.3 is 0 Å². The van der Waals surface area contributed by atoms with Crippen molar-refractivity contribution in [1.82, 2.24) is 0 Å². The van der Waals surface area contributed by atoms with Gasteiger partial charge in [-0.15, -0.1) is 0 Å². The zero-order chi connectivity index (χ0) is 48.6. The van der Waals surface area contributed by atoms with E-state index in [0.29, 0.717) is 47.3 Å². The van der Waals surface area contributed by atoms with Crippen molar-refractivity contribution >= 4 is 22.6 Å². The minimum absolute atomic E-state index is 0.383. The maximum Gasteiger partial charge on any atom is 0.0287 e. The summed E-state index contributed by atoms with van der Waals surface area (Å²) in [5, 5.41) is 0. The van der Waals surface area contributed by atoms with Crippen LogP contribution >= 0.6 is 22.6 Å². The Labute approximate surface area is 420 Å². The minimum Gasteiger partial charge on any atom is -0.0617 e. The normalized spacial score (nSPS) is 12.1. The summed E-state index contributed by atoms with van der Waals surface area (Å²) in [7, 11) is 0. The Morgan fingerprint density at radius 2 is 0.403 bits per heavy atom. The molecule has 0 aliphatic heterocycles. The number of rotatable bonds is 14. The summed E-state index contributed by atoms with van der Waals surface area (Å²) in [5.74, 6) is 3.07. The Morgan fingerprint density at radius 1 is 0.239 bits per heavy atom. The topological polar surface area (TPSA) is 0 Å². The van der Waals surface area contributed by atoms with Gasteiger partial charge in [0.25, 0.3) is 0 Å². The molecule has 0 amide bonds. The lowest BCUT2D eigenvalue weighted by molar-refractivity contribution is 0.836. The zero-order valence-corrected chi connectivity index (χ0v) is 45.8. The largest absolute Gasteiger partial charge is 0.0617 e. The van der Waals surface area contributed by atoms with E-state index in [1.807, 2.05) is 0 Å². The first-order chi connectivity index (χ1) is 31.8. The van der Waals surface area contributed by atoms with E-state index >= 15 is 0 Å². The highest BCUT2D eigenvalue weighted by atomic mass is 127. The average molecular weight is 997 g/mol. The first-order valence-corrected chi connectivity index (χ1v) is 26.5. The molecular formula is C66H77I. The smallest absolute Gasteiger partial charge is 0.0287 e. The van der Waals surface area contributed by atoms with E-state index in [4.69, 9.17) is 0 Å². The van der Waals surface area contributed by atoms with Gasteiger partial charge in [0.05, 0.1) is 0 Å². The Kier molecular flexibility index (Phi) is 15.6. The van der Waals surface area contributed by atoms with Crippen molar-refractivity contribution in [2.45, 2.75) is 158 Å². The summed E-state index contributed by atoms with van der Waals surface area (Å²) < 4.78 is 1.27. The molecular weight excluding hydrogens is 920 g/mol. The molecule has 0 N–H and O–H groups in total. The Morgan fingerprint density at radius 3 is 0.582 bits per heavy atom. The van der Waals surface area contributed by atoms with Crippen molar-refractivity contribution in [1.29, 1.82) is 0 Å². The van der Waals surface area contributed by atoms with Crippen molar-refractivity contribution in [3.05, 3.63) is 175 Å². The average Bonchev–Trinajstić information content (AvgIpc) is 3.29.